The van der Waals surface area contributed by atoms with E-state index in [1.165, 1.54) is 11.3 Å². The van der Waals surface area contributed by atoms with Crippen LogP contribution in [0.3, 0.4) is 0 Å². The molecule has 2 heterocycles. The summed E-state index contributed by atoms with van der Waals surface area (Å²) in [6.45, 7) is 0.212. The average molecular weight is 493 g/mol. The van der Waals surface area contributed by atoms with Gasteiger partial charge in [0.1, 0.15) is 17.7 Å². The van der Waals surface area contributed by atoms with Crippen LogP contribution in [-0.4, -0.2) is 22.4 Å². The van der Waals surface area contributed by atoms with Gasteiger partial charge in [-0.3, -0.25) is 18.6 Å². The first-order chi connectivity index (χ1) is 16.0. The van der Waals surface area contributed by atoms with Crippen molar-refractivity contribution in [3.8, 4) is 16.2 Å². The first-order valence-corrected chi connectivity index (χ1v) is 11.7. The number of carbonyl (C=O) groups excluding carboxylic acids is 1. The number of nitrogens with zero attached hydrogens (tertiary/aromatic N) is 2. The molecule has 0 aliphatic rings. The number of hydrogen-bond donors (Lipinski definition) is 0. The third-order valence-corrected chi connectivity index (χ3v) is 7.20. The van der Waals surface area contributed by atoms with Gasteiger partial charge in [0.25, 0.3) is 5.56 Å². The molecule has 33 heavy (non-hydrogen) atoms. The molecule has 0 unspecified atom stereocenters. The van der Waals surface area contributed by atoms with Crippen molar-refractivity contribution in [2.45, 2.75) is 6.54 Å². The minimum Gasteiger partial charge on any atom is -0.496 e. The minimum absolute atomic E-state index is 0.146. The van der Waals surface area contributed by atoms with Gasteiger partial charge in [0.05, 0.1) is 29.4 Å². The molecule has 3 aromatic carbocycles. The van der Waals surface area contributed by atoms with Crippen LogP contribution in [0.1, 0.15) is 15.9 Å². The van der Waals surface area contributed by atoms with E-state index in [1.54, 1.807) is 35.9 Å². The van der Waals surface area contributed by atoms with Crippen LogP contribution in [0.5, 0.6) is 5.75 Å². The number of aldehydes is 1. The molecule has 0 saturated heterocycles. The quantitative estimate of drug-likeness (QED) is 0.215. The van der Waals surface area contributed by atoms with E-state index in [2.05, 4.69) is 0 Å². The topological polar surface area (TPSA) is 52.7 Å². The summed E-state index contributed by atoms with van der Waals surface area (Å²) in [5.74, 6) is 0.598. The van der Waals surface area contributed by atoms with Crippen LogP contribution in [0.15, 0.2) is 71.5 Å². The number of benzene rings is 3. The number of rotatable bonds is 5. The largest absolute Gasteiger partial charge is 0.496 e. The molecule has 0 N–H and O–H groups in total. The maximum atomic E-state index is 13.7. The van der Waals surface area contributed by atoms with E-state index in [-0.39, 0.29) is 12.1 Å². The van der Waals surface area contributed by atoms with Crippen LogP contribution in [0, 0.1) is 3.95 Å². The lowest BCUT2D eigenvalue weighted by Gasteiger charge is -2.15. The molecule has 0 bridgehead atoms. The van der Waals surface area contributed by atoms with Gasteiger partial charge in [-0.05, 0) is 60.2 Å². The fourth-order valence-electron chi connectivity index (χ4n) is 4.02. The Kier molecular flexibility index (Phi) is 5.62. The van der Waals surface area contributed by atoms with Gasteiger partial charge >= 0.3 is 0 Å². The molecule has 0 aliphatic heterocycles. The highest BCUT2D eigenvalue weighted by molar-refractivity contribution is 7.73. The second-order valence-electron chi connectivity index (χ2n) is 7.46. The van der Waals surface area contributed by atoms with Crippen molar-refractivity contribution in [3.05, 3.63) is 97.2 Å². The van der Waals surface area contributed by atoms with E-state index in [0.717, 1.165) is 27.8 Å². The van der Waals surface area contributed by atoms with E-state index in [9.17, 15) is 9.59 Å². The molecule has 0 saturated carbocycles. The van der Waals surface area contributed by atoms with Crippen molar-refractivity contribution in [1.29, 1.82) is 0 Å². The zero-order valence-electron chi connectivity index (χ0n) is 17.4. The van der Waals surface area contributed by atoms with Crippen LogP contribution in [0.4, 0.5) is 0 Å². The normalized spacial score (nSPS) is 11.2. The van der Waals surface area contributed by atoms with Crippen molar-refractivity contribution < 1.29 is 9.53 Å². The summed E-state index contributed by atoms with van der Waals surface area (Å²) < 4.78 is 9.79. The zero-order chi connectivity index (χ0) is 23.1. The van der Waals surface area contributed by atoms with Crippen LogP contribution >= 0.6 is 35.2 Å². The smallest absolute Gasteiger partial charge is 0.261 e. The number of thiazole rings is 1. The Bertz CT molecular complexity index is 1650. The van der Waals surface area contributed by atoms with Crippen molar-refractivity contribution >= 4 is 58.0 Å². The number of halogens is 1. The first-order valence-electron chi connectivity index (χ1n) is 10.1. The lowest BCUT2D eigenvalue weighted by Crippen LogP contribution is -2.24. The van der Waals surface area contributed by atoms with Gasteiger partial charge in [0, 0.05) is 16.1 Å². The summed E-state index contributed by atoms with van der Waals surface area (Å²) in [4.78, 5) is 26.0. The molecule has 0 amide bonds. The molecule has 2 aromatic heterocycles. The number of aromatic nitrogens is 2. The van der Waals surface area contributed by atoms with Crippen LogP contribution in [0.25, 0.3) is 27.0 Å². The van der Waals surface area contributed by atoms with Crippen LogP contribution in [0.2, 0.25) is 5.02 Å². The second kappa shape index (κ2) is 8.59. The first kappa shape index (κ1) is 21.6. The summed E-state index contributed by atoms with van der Waals surface area (Å²) in [6.07, 6.45) is 0.779. The summed E-state index contributed by atoms with van der Waals surface area (Å²) >= 11 is 13.3. The Morgan fingerprint density at radius 3 is 2.58 bits per heavy atom. The maximum Gasteiger partial charge on any atom is 0.261 e. The zero-order valence-corrected chi connectivity index (χ0v) is 19.8. The average Bonchev–Trinajstić information content (AvgIpc) is 3.19. The summed E-state index contributed by atoms with van der Waals surface area (Å²) in [7, 11) is 1.57. The Morgan fingerprint density at radius 1 is 1.09 bits per heavy atom. The number of para-hydroxylation sites is 1. The number of ether oxygens (including phenoxy) is 1. The molecule has 5 nitrogen and oxygen atoms in total. The lowest BCUT2D eigenvalue weighted by atomic mass is 10.1. The molecule has 0 radical (unpaired) electrons. The van der Waals surface area contributed by atoms with E-state index >= 15 is 0 Å². The molecule has 5 rings (SSSR count). The van der Waals surface area contributed by atoms with Gasteiger partial charge in [0.15, 0.2) is 3.95 Å². The predicted molar refractivity (Wildman–Crippen MR) is 136 cm³/mol. The Labute approximate surface area is 203 Å². The third kappa shape index (κ3) is 3.68. The van der Waals surface area contributed by atoms with E-state index < -0.39 is 0 Å². The molecule has 8 heteroatoms. The van der Waals surface area contributed by atoms with Crippen LogP contribution in [-0.2, 0) is 6.54 Å². The standard InChI is InChI=1S/C25H17ClN2O3S2/c1-31-21-11-6-15(14-29)12-17(21)13-27-23-22(16-7-9-18(26)10-8-16)33-25(32)28(23)20-5-3-2-4-19(20)24(27)30/h2-12,14H,13H2,1H3. The molecular formula is C25H17ClN2O3S2. The highest BCUT2D eigenvalue weighted by atomic mass is 35.5. The monoisotopic (exact) mass is 492 g/mol. The number of methoxy groups -OCH3 is 1. The van der Waals surface area contributed by atoms with Crippen molar-refractivity contribution in [2.24, 2.45) is 0 Å². The van der Waals surface area contributed by atoms with E-state index in [4.69, 9.17) is 28.6 Å². The van der Waals surface area contributed by atoms with Gasteiger partial charge < -0.3 is 4.74 Å². The molecule has 0 atom stereocenters. The Morgan fingerprint density at radius 2 is 1.85 bits per heavy atom. The molecule has 0 fully saturated rings. The van der Waals surface area contributed by atoms with E-state index in [0.29, 0.717) is 31.3 Å². The van der Waals surface area contributed by atoms with Gasteiger partial charge in [-0.1, -0.05) is 35.9 Å². The fraction of sp³-hybridized carbons (Fsp3) is 0.0800. The highest BCUT2D eigenvalue weighted by Gasteiger charge is 2.19. The maximum absolute atomic E-state index is 13.7. The number of carbonyl (C=O) groups is 1. The fourth-order valence-corrected chi connectivity index (χ4v) is 5.57. The molecule has 0 spiro atoms. The van der Waals surface area contributed by atoms with Gasteiger partial charge in [0.2, 0.25) is 0 Å². The van der Waals surface area contributed by atoms with Gasteiger partial charge in [-0.15, -0.1) is 11.3 Å². The predicted octanol–water partition coefficient (Wildman–Crippen LogP) is 6.23. The second-order valence-corrected chi connectivity index (χ2v) is 9.54. The third-order valence-electron chi connectivity index (χ3n) is 5.54. The highest BCUT2D eigenvalue weighted by Crippen LogP contribution is 2.34. The summed E-state index contributed by atoms with van der Waals surface area (Å²) in [5.41, 5.74) is 3.44. The minimum atomic E-state index is -0.146. The summed E-state index contributed by atoms with van der Waals surface area (Å²) in [5, 5.41) is 1.19. The van der Waals surface area contributed by atoms with Gasteiger partial charge in [-0.2, -0.15) is 0 Å². The Balaban J connectivity index is 1.89. The summed E-state index contributed by atoms with van der Waals surface area (Å²) in [6, 6.07) is 20.1. The van der Waals surface area contributed by atoms with Crippen molar-refractivity contribution in [1.82, 2.24) is 8.97 Å². The Hall–Kier alpha value is -3.26. The number of fused-ring (bicyclic) bond motifs is 3. The van der Waals surface area contributed by atoms with E-state index in [1.807, 2.05) is 46.9 Å². The molecule has 0 aliphatic carbocycles. The lowest BCUT2D eigenvalue weighted by molar-refractivity contribution is 0.112. The molecule has 5 aromatic rings. The molecule has 164 valence electrons. The van der Waals surface area contributed by atoms with Crippen molar-refractivity contribution in [2.75, 3.05) is 7.11 Å². The number of hydrogen-bond acceptors (Lipinski definition) is 5. The van der Waals surface area contributed by atoms with Crippen molar-refractivity contribution in [3.63, 3.8) is 0 Å². The van der Waals surface area contributed by atoms with Crippen LogP contribution < -0.4 is 10.3 Å². The molecular weight excluding hydrogens is 476 g/mol. The SMILES string of the molecule is COc1ccc(C=O)cc1Cn1c(=O)c2ccccc2n2c(=S)sc(-c3ccc(Cl)cc3)c12. The van der Waals surface area contributed by atoms with Gasteiger partial charge in [-0.25, -0.2) is 0 Å².